The van der Waals surface area contributed by atoms with Gasteiger partial charge in [0.2, 0.25) is 0 Å². The van der Waals surface area contributed by atoms with Crippen LogP contribution in [0.5, 0.6) is 0 Å². The van der Waals surface area contributed by atoms with E-state index in [0.717, 1.165) is 30.2 Å². The molecule has 1 aliphatic rings. The second-order valence-corrected chi connectivity index (χ2v) is 6.95. The summed E-state index contributed by atoms with van der Waals surface area (Å²) in [5.74, 6) is 0.869. The van der Waals surface area contributed by atoms with Crippen LogP contribution in [0.3, 0.4) is 0 Å². The topological polar surface area (TPSA) is 60.9 Å². The van der Waals surface area contributed by atoms with E-state index in [0.29, 0.717) is 6.54 Å². The fraction of sp³-hybridized carbons (Fsp3) is 0.316. The van der Waals surface area contributed by atoms with E-state index in [2.05, 4.69) is 61.2 Å². The van der Waals surface area contributed by atoms with Crippen molar-refractivity contribution in [2.75, 3.05) is 24.5 Å². The van der Waals surface area contributed by atoms with E-state index in [4.69, 9.17) is 11.6 Å². The normalized spacial score (nSPS) is 19.5. The number of aromatic nitrogens is 4. The predicted octanol–water partition coefficient (Wildman–Crippen LogP) is 2.98. The SMILES string of the molecule is Cc1[nH]ncc1C(c1ccccc1)N1CCN(c2cnccn2)CC1Cl. The van der Waals surface area contributed by atoms with E-state index in [1.54, 1.807) is 18.6 Å². The van der Waals surface area contributed by atoms with Crippen LogP contribution >= 0.6 is 11.6 Å². The summed E-state index contributed by atoms with van der Waals surface area (Å²) in [4.78, 5) is 13.1. The molecule has 2 unspecified atom stereocenters. The minimum atomic E-state index is -0.148. The number of hydrogen-bond donors (Lipinski definition) is 1. The molecule has 26 heavy (non-hydrogen) atoms. The number of anilines is 1. The van der Waals surface area contributed by atoms with Gasteiger partial charge in [0, 0.05) is 43.3 Å². The average Bonchev–Trinajstić information content (AvgIpc) is 3.10. The molecule has 1 fully saturated rings. The minimum Gasteiger partial charge on any atom is -0.351 e. The van der Waals surface area contributed by atoms with Gasteiger partial charge in [-0.2, -0.15) is 5.10 Å². The van der Waals surface area contributed by atoms with Crippen LogP contribution in [-0.2, 0) is 0 Å². The first kappa shape index (κ1) is 17.0. The van der Waals surface area contributed by atoms with Crippen LogP contribution in [0.2, 0.25) is 0 Å². The summed E-state index contributed by atoms with van der Waals surface area (Å²) in [7, 11) is 0. The van der Waals surface area contributed by atoms with Gasteiger partial charge in [-0.25, -0.2) is 4.98 Å². The highest BCUT2D eigenvalue weighted by molar-refractivity contribution is 6.20. The van der Waals surface area contributed by atoms with Crippen molar-refractivity contribution in [3.63, 3.8) is 0 Å². The summed E-state index contributed by atoms with van der Waals surface area (Å²) in [6.45, 7) is 4.43. The average molecular weight is 369 g/mol. The predicted molar refractivity (Wildman–Crippen MR) is 102 cm³/mol. The van der Waals surface area contributed by atoms with Gasteiger partial charge in [0.15, 0.2) is 0 Å². The van der Waals surface area contributed by atoms with Crippen LogP contribution in [0.1, 0.15) is 22.9 Å². The molecular weight excluding hydrogens is 348 g/mol. The van der Waals surface area contributed by atoms with Gasteiger partial charge < -0.3 is 4.90 Å². The molecule has 1 N–H and O–H groups in total. The maximum atomic E-state index is 6.85. The molecule has 2 atom stereocenters. The molecule has 0 radical (unpaired) electrons. The molecule has 1 saturated heterocycles. The molecule has 0 spiro atoms. The molecule has 1 aromatic carbocycles. The molecule has 2 aromatic heterocycles. The standard InChI is InChI=1S/C19H21ClN6/c1-14-16(11-23-24-14)19(15-5-3-2-4-6-15)26-10-9-25(13-17(26)20)18-12-21-7-8-22-18/h2-8,11-12,17,19H,9-10,13H2,1H3,(H,23,24). The lowest BCUT2D eigenvalue weighted by Gasteiger charge is -2.43. The summed E-state index contributed by atoms with van der Waals surface area (Å²) in [5, 5.41) is 7.29. The van der Waals surface area contributed by atoms with E-state index in [1.807, 2.05) is 12.3 Å². The highest BCUT2D eigenvalue weighted by atomic mass is 35.5. The quantitative estimate of drug-likeness (QED) is 0.566. The van der Waals surface area contributed by atoms with Crippen molar-refractivity contribution in [1.29, 1.82) is 0 Å². The first-order chi connectivity index (χ1) is 12.7. The summed E-state index contributed by atoms with van der Waals surface area (Å²) >= 11 is 6.85. The van der Waals surface area contributed by atoms with Gasteiger partial charge in [-0.15, -0.1) is 11.6 Å². The number of benzene rings is 1. The zero-order valence-corrected chi connectivity index (χ0v) is 15.3. The first-order valence-corrected chi connectivity index (χ1v) is 9.13. The molecule has 3 aromatic rings. The number of piperazine rings is 1. The van der Waals surface area contributed by atoms with Gasteiger partial charge in [0.05, 0.1) is 18.4 Å². The van der Waals surface area contributed by atoms with Crippen LogP contribution in [0, 0.1) is 6.92 Å². The van der Waals surface area contributed by atoms with Gasteiger partial charge in [0.25, 0.3) is 0 Å². The van der Waals surface area contributed by atoms with Gasteiger partial charge in [-0.1, -0.05) is 30.3 Å². The Hall–Kier alpha value is -2.44. The second kappa shape index (κ2) is 7.43. The molecule has 0 amide bonds. The Kier molecular flexibility index (Phi) is 4.86. The second-order valence-electron chi connectivity index (χ2n) is 6.45. The number of rotatable bonds is 4. The fourth-order valence-corrected chi connectivity index (χ4v) is 3.91. The lowest BCUT2D eigenvalue weighted by Crippen LogP contribution is -2.52. The Bertz CT molecular complexity index is 838. The number of nitrogens with zero attached hydrogens (tertiary/aromatic N) is 5. The zero-order chi connectivity index (χ0) is 17.9. The third kappa shape index (κ3) is 3.30. The monoisotopic (exact) mass is 368 g/mol. The van der Waals surface area contributed by atoms with Crippen molar-refractivity contribution < 1.29 is 0 Å². The van der Waals surface area contributed by atoms with Crippen molar-refractivity contribution in [3.8, 4) is 0 Å². The third-order valence-corrected chi connectivity index (χ3v) is 5.23. The third-order valence-electron chi connectivity index (χ3n) is 4.84. The summed E-state index contributed by atoms with van der Waals surface area (Å²) in [5.41, 5.74) is 3.30. The lowest BCUT2D eigenvalue weighted by molar-refractivity contribution is 0.186. The molecule has 1 aliphatic heterocycles. The summed E-state index contributed by atoms with van der Waals surface area (Å²) < 4.78 is 0. The highest BCUT2D eigenvalue weighted by Crippen LogP contribution is 2.34. The van der Waals surface area contributed by atoms with Crippen molar-refractivity contribution in [2.45, 2.75) is 18.5 Å². The maximum absolute atomic E-state index is 6.85. The number of nitrogens with one attached hydrogen (secondary N) is 1. The minimum absolute atomic E-state index is 0.0708. The largest absolute Gasteiger partial charge is 0.351 e. The number of H-pyrrole nitrogens is 1. The fourth-order valence-electron chi connectivity index (χ4n) is 3.53. The molecule has 6 nitrogen and oxygen atoms in total. The van der Waals surface area contributed by atoms with Crippen molar-refractivity contribution >= 4 is 17.4 Å². The number of hydrogen-bond acceptors (Lipinski definition) is 5. The van der Waals surface area contributed by atoms with E-state index in [-0.39, 0.29) is 11.5 Å². The number of aryl methyl sites for hydroxylation is 1. The Morgan fingerprint density at radius 1 is 1.15 bits per heavy atom. The molecule has 0 saturated carbocycles. The van der Waals surface area contributed by atoms with Gasteiger partial charge in [-0.05, 0) is 12.5 Å². The van der Waals surface area contributed by atoms with Crippen LogP contribution in [0.25, 0.3) is 0 Å². The van der Waals surface area contributed by atoms with Crippen LogP contribution in [-0.4, -0.2) is 50.2 Å². The van der Waals surface area contributed by atoms with Gasteiger partial charge in [-0.3, -0.25) is 15.0 Å². The van der Waals surface area contributed by atoms with Crippen molar-refractivity contribution in [3.05, 3.63) is 71.9 Å². The molecule has 7 heteroatoms. The van der Waals surface area contributed by atoms with E-state index in [9.17, 15) is 0 Å². The molecular formula is C19H21ClN6. The molecule has 3 heterocycles. The molecule has 134 valence electrons. The van der Waals surface area contributed by atoms with Crippen LogP contribution < -0.4 is 4.90 Å². The first-order valence-electron chi connectivity index (χ1n) is 8.69. The Morgan fingerprint density at radius 2 is 2.00 bits per heavy atom. The van der Waals surface area contributed by atoms with Gasteiger partial charge in [0.1, 0.15) is 11.3 Å². The Balaban J connectivity index is 1.62. The number of alkyl halides is 1. The van der Waals surface area contributed by atoms with E-state index < -0.39 is 0 Å². The highest BCUT2D eigenvalue weighted by Gasteiger charge is 2.34. The summed E-state index contributed by atoms with van der Waals surface area (Å²) in [6, 6.07) is 10.5. The lowest BCUT2D eigenvalue weighted by atomic mass is 9.97. The zero-order valence-electron chi connectivity index (χ0n) is 14.6. The Labute approximate surface area is 157 Å². The number of halogens is 1. The van der Waals surface area contributed by atoms with Crippen LogP contribution in [0.15, 0.2) is 55.1 Å². The van der Waals surface area contributed by atoms with Gasteiger partial charge >= 0.3 is 0 Å². The van der Waals surface area contributed by atoms with Crippen molar-refractivity contribution in [2.24, 2.45) is 0 Å². The molecule has 4 rings (SSSR count). The summed E-state index contributed by atoms with van der Waals surface area (Å²) in [6.07, 6.45) is 7.09. The number of aromatic amines is 1. The van der Waals surface area contributed by atoms with E-state index >= 15 is 0 Å². The molecule has 0 bridgehead atoms. The Morgan fingerprint density at radius 3 is 2.65 bits per heavy atom. The molecule has 0 aliphatic carbocycles. The maximum Gasteiger partial charge on any atom is 0.147 e. The van der Waals surface area contributed by atoms with E-state index in [1.165, 1.54) is 5.56 Å². The van der Waals surface area contributed by atoms with Crippen molar-refractivity contribution in [1.82, 2.24) is 25.1 Å². The smallest absolute Gasteiger partial charge is 0.147 e. The van der Waals surface area contributed by atoms with Crippen LogP contribution in [0.4, 0.5) is 5.82 Å².